The fraction of sp³-hybridized carbons (Fsp3) is 0.350. The largest absolute Gasteiger partial charge is 0.494 e. The summed E-state index contributed by atoms with van der Waals surface area (Å²) in [5, 5.41) is 8.00. The molecule has 140 valence electrons. The Morgan fingerprint density at radius 1 is 1.30 bits per heavy atom. The summed E-state index contributed by atoms with van der Waals surface area (Å²) in [6, 6.07) is 9.30. The van der Waals surface area contributed by atoms with Crippen molar-refractivity contribution >= 4 is 17.2 Å². The van der Waals surface area contributed by atoms with Crippen LogP contribution in [0.25, 0.3) is 11.4 Å². The molecule has 2 aromatic heterocycles. The molecule has 0 unspecified atom stereocenters. The molecule has 4 rings (SSSR count). The van der Waals surface area contributed by atoms with Crippen LogP contribution in [0.3, 0.4) is 0 Å². The molecule has 27 heavy (non-hydrogen) atoms. The maximum Gasteiger partial charge on any atom is 0.253 e. The number of hydrogen-bond donors (Lipinski definition) is 0. The number of thiophene rings is 1. The smallest absolute Gasteiger partial charge is 0.253 e. The summed E-state index contributed by atoms with van der Waals surface area (Å²) >= 11 is 1.60. The Morgan fingerprint density at radius 2 is 2.11 bits per heavy atom. The van der Waals surface area contributed by atoms with Crippen molar-refractivity contribution in [2.75, 3.05) is 19.7 Å². The first-order valence-corrected chi connectivity index (χ1v) is 10.1. The lowest BCUT2D eigenvalue weighted by atomic mass is 9.98. The van der Waals surface area contributed by atoms with Crippen molar-refractivity contribution in [3.05, 3.63) is 52.5 Å². The minimum atomic E-state index is 0.0175. The summed E-state index contributed by atoms with van der Waals surface area (Å²) < 4.78 is 11.0. The second-order valence-electron chi connectivity index (χ2n) is 6.60. The minimum absolute atomic E-state index is 0.0175. The Labute approximate surface area is 161 Å². The zero-order chi connectivity index (χ0) is 18.6. The monoisotopic (exact) mass is 383 g/mol. The molecule has 0 atom stereocenters. The summed E-state index contributed by atoms with van der Waals surface area (Å²) in [6.45, 7) is 4.02. The van der Waals surface area contributed by atoms with Gasteiger partial charge in [0, 0.05) is 29.6 Å². The molecule has 0 radical (unpaired) electrons. The van der Waals surface area contributed by atoms with Gasteiger partial charge in [0.15, 0.2) is 0 Å². The van der Waals surface area contributed by atoms with Gasteiger partial charge in [-0.3, -0.25) is 4.79 Å². The van der Waals surface area contributed by atoms with E-state index in [0.29, 0.717) is 37.0 Å². The number of amides is 1. The first kappa shape index (κ1) is 17.7. The molecule has 3 aromatic rings. The number of nitrogens with zero attached hydrogens (tertiary/aromatic N) is 3. The molecule has 6 nitrogen and oxygen atoms in total. The molecule has 7 heteroatoms. The summed E-state index contributed by atoms with van der Waals surface area (Å²) in [5.74, 6) is 2.12. The van der Waals surface area contributed by atoms with E-state index in [9.17, 15) is 4.79 Å². The topological polar surface area (TPSA) is 68.5 Å². The van der Waals surface area contributed by atoms with Gasteiger partial charge in [-0.2, -0.15) is 16.3 Å². The SMILES string of the molecule is CCCCOc1ccc(C(=O)N2CC(c3nc(-c4ccsc4)no3)C2)cc1. The van der Waals surface area contributed by atoms with Gasteiger partial charge in [-0.1, -0.05) is 18.5 Å². The lowest BCUT2D eigenvalue weighted by molar-refractivity contribution is 0.0569. The number of likely N-dealkylation sites (tertiary alicyclic amines) is 1. The molecular weight excluding hydrogens is 362 g/mol. The fourth-order valence-electron chi connectivity index (χ4n) is 2.92. The molecule has 0 N–H and O–H groups in total. The van der Waals surface area contributed by atoms with E-state index in [2.05, 4.69) is 17.1 Å². The third-order valence-corrected chi connectivity index (χ3v) is 5.29. The van der Waals surface area contributed by atoms with Crippen LogP contribution in [-0.4, -0.2) is 40.6 Å². The van der Waals surface area contributed by atoms with Crippen molar-refractivity contribution in [1.82, 2.24) is 15.0 Å². The lowest BCUT2D eigenvalue weighted by Crippen LogP contribution is -2.48. The highest BCUT2D eigenvalue weighted by molar-refractivity contribution is 7.08. The summed E-state index contributed by atoms with van der Waals surface area (Å²) in [5.41, 5.74) is 1.63. The van der Waals surface area contributed by atoms with E-state index < -0.39 is 0 Å². The van der Waals surface area contributed by atoms with Gasteiger partial charge in [0.2, 0.25) is 11.7 Å². The average molecular weight is 383 g/mol. The number of carbonyl (C=O) groups excluding carboxylic acids is 1. The van der Waals surface area contributed by atoms with Crippen LogP contribution in [-0.2, 0) is 0 Å². The van der Waals surface area contributed by atoms with Crippen molar-refractivity contribution in [1.29, 1.82) is 0 Å². The molecule has 1 aliphatic rings. The molecule has 1 fully saturated rings. The van der Waals surface area contributed by atoms with E-state index in [0.717, 1.165) is 24.2 Å². The van der Waals surface area contributed by atoms with Crippen molar-refractivity contribution in [3.8, 4) is 17.1 Å². The predicted molar refractivity (Wildman–Crippen MR) is 103 cm³/mol. The number of aromatic nitrogens is 2. The van der Waals surface area contributed by atoms with Gasteiger partial charge in [0.1, 0.15) is 5.75 Å². The van der Waals surface area contributed by atoms with Crippen LogP contribution in [0.4, 0.5) is 0 Å². The molecule has 0 aliphatic carbocycles. The number of rotatable bonds is 7. The Kier molecular flexibility index (Phi) is 5.20. The first-order valence-electron chi connectivity index (χ1n) is 9.13. The van der Waals surface area contributed by atoms with E-state index in [1.54, 1.807) is 16.2 Å². The van der Waals surface area contributed by atoms with Crippen molar-refractivity contribution in [2.24, 2.45) is 0 Å². The van der Waals surface area contributed by atoms with Crippen molar-refractivity contribution in [3.63, 3.8) is 0 Å². The lowest BCUT2D eigenvalue weighted by Gasteiger charge is -2.37. The van der Waals surface area contributed by atoms with E-state index in [4.69, 9.17) is 9.26 Å². The quantitative estimate of drug-likeness (QED) is 0.572. The summed E-state index contributed by atoms with van der Waals surface area (Å²) in [7, 11) is 0. The highest BCUT2D eigenvalue weighted by Gasteiger charge is 2.36. The van der Waals surface area contributed by atoms with Gasteiger partial charge in [0.25, 0.3) is 5.91 Å². The van der Waals surface area contributed by atoms with Gasteiger partial charge in [-0.15, -0.1) is 0 Å². The molecule has 1 aliphatic heterocycles. The molecule has 1 saturated heterocycles. The van der Waals surface area contributed by atoms with E-state index >= 15 is 0 Å². The van der Waals surface area contributed by atoms with Crippen LogP contribution in [0.5, 0.6) is 5.75 Å². The van der Waals surface area contributed by atoms with Crippen LogP contribution in [0.2, 0.25) is 0 Å². The number of ether oxygens (including phenoxy) is 1. The maximum atomic E-state index is 12.6. The van der Waals surface area contributed by atoms with Gasteiger partial charge in [-0.25, -0.2) is 0 Å². The number of carbonyl (C=O) groups is 1. The van der Waals surface area contributed by atoms with Gasteiger partial charge in [-0.05, 0) is 42.1 Å². The first-order chi connectivity index (χ1) is 13.2. The van der Waals surface area contributed by atoms with E-state index in [1.807, 2.05) is 41.1 Å². The van der Waals surface area contributed by atoms with E-state index in [1.165, 1.54) is 0 Å². The number of hydrogen-bond acceptors (Lipinski definition) is 6. The van der Waals surface area contributed by atoms with Crippen LogP contribution in [0.1, 0.15) is 41.9 Å². The third-order valence-electron chi connectivity index (χ3n) is 4.61. The molecule has 3 heterocycles. The Hall–Kier alpha value is -2.67. The van der Waals surface area contributed by atoms with E-state index in [-0.39, 0.29) is 11.8 Å². The normalized spacial score (nSPS) is 14.2. The molecule has 0 saturated carbocycles. The van der Waals surface area contributed by atoms with Crippen LogP contribution in [0, 0.1) is 0 Å². The highest BCUT2D eigenvalue weighted by Crippen LogP contribution is 2.29. The number of benzene rings is 1. The van der Waals surface area contributed by atoms with Gasteiger partial charge in [0.05, 0.1) is 12.5 Å². The summed E-state index contributed by atoms with van der Waals surface area (Å²) in [6.07, 6.45) is 2.13. The van der Waals surface area contributed by atoms with Crippen LogP contribution < -0.4 is 4.74 Å². The molecule has 0 bridgehead atoms. The Morgan fingerprint density at radius 3 is 2.81 bits per heavy atom. The van der Waals surface area contributed by atoms with Crippen molar-refractivity contribution < 1.29 is 14.1 Å². The van der Waals surface area contributed by atoms with Crippen molar-refractivity contribution in [2.45, 2.75) is 25.7 Å². The maximum absolute atomic E-state index is 12.6. The van der Waals surface area contributed by atoms with Crippen LogP contribution >= 0.6 is 11.3 Å². The van der Waals surface area contributed by atoms with Crippen LogP contribution in [0.15, 0.2) is 45.6 Å². The third kappa shape index (κ3) is 3.88. The fourth-order valence-corrected chi connectivity index (χ4v) is 3.56. The molecule has 0 spiro atoms. The molecular formula is C20H21N3O3S. The average Bonchev–Trinajstić information content (AvgIpc) is 3.33. The predicted octanol–water partition coefficient (Wildman–Crippen LogP) is 4.22. The minimum Gasteiger partial charge on any atom is -0.494 e. The molecule has 1 amide bonds. The second kappa shape index (κ2) is 7.92. The van der Waals surface area contributed by atoms with Gasteiger partial charge < -0.3 is 14.2 Å². The Balaban J connectivity index is 1.32. The number of unbranched alkanes of at least 4 members (excludes halogenated alkanes) is 1. The molecule has 1 aromatic carbocycles. The standard InChI is InChI=1S/C20H21N3O3S/c1-2-3-9-25-17-6-4-14(5-7-17)20(24)23-11-16(12-23)19-21-18(22-26-19)15-8-10-27-13-15/h4-8,10,13,16H,2-3,9,11-12H2,1H3. The second-order valence-corrected chi connectivity index (χ2v) is 7.38. The van der Waals surface area contributed by atoms with Gasteiger partial charge >= 0.3 is 0 Å². The highest BCUT2D eigenvalue weighted by atomic mass is 32.1. The Bertz CT molecular complexity index is 884. The summed E-state index contributed by atoms with van der Waals surface area (Å²) in [4.78, 5) is 18.8. The zero-order valence-corrected chi connectivity index (χ0v) is 15.9. The zero-order valence-electron chi connectivity index (χ0n) is 15.1.